The van der Waals surface area contributed by atoms with E-state index < -0.39 is 0 Å². The molecule has 0 aromatic rings. The van der Waals surface area contributed by atoms with E-state index in [1.165, 1.54) is 19.3 Å². The van der Waals surface area contributed by atoms with E-state index in [-0.39, 0.29) is 0 Å². The van der Waals surface area contributed by atoms with Crippen molar-refractivity contribution < 1.29 is 4.79 Å². The van der Waals surface area contributed by atoms with Crippen LogP contribution in [0, 0.1) is 0 Å². The second-order valence-corrected chi connectivity index (χ2v) is 4.97. The first-order valence-corrected chi connectivity index (χ1v) is 6.16. The van der Waals surface area contributed by atoms with Crippen molar-refractivity contribution in [2.75, 3.05) is 26.7 Å². The van der Waals surface area contributed by atoms with Gasteiger partial charge in [0.25, 0.3) is 0 Å². The van der Waals surface area contributed by atoms with Gasteiger partial charge in [0, 0.05) is 31.6 Å². The van der Waals surface area contributed by atoms with Crippen molar-refractivity contribution in [3.8, 4) is 0 Å². The summed E-state index contributed by atoms with van der Waals surface area (Å²) in [5.41, 5.74) is 0. The Hall–Kier alpha value is -0.410. The minimum absolute atomic E-state index is 0.385. The van der Waals surface area contributed by atoms with E-state index >= 15 is 0 Å². The summed E-state index contributed by atoms with van der Waals surface area (Å²) >= 11 is 0. The molecule has 2 saturated heterocycles. The van der Waals surface area contributed by atoms with Gasteiger partial charge >= 0.3 is 0 Å². The minimum Gasteiger partial charge on any atom is -0.299 e. The Morgan fingerprint density at radius 3 is 2.73 bits per heavy atom. The molecule has 2 bridgehead atoms. The van der Waals surface area contributed by atoms with Crippen molar-refractivity contribution >= 4 is 5.78 Å². The number of ketones is 1. The normalized spacial score (nSPS) is 32.9. The summed E-state index contributed by atoms with van der Waals surface area (Å²) in [6.45, 7) is 4.84. The van der Waals surface area contributed by atoms with Gasteiger partial charge in [-0.25, -0.2) is 0 Å². The molecule has 2 heterocycles. The topological polar surface area (TPSA) is 23.6 Å². The quantitative estimate of drug-likeness (QED) is 0.698. The molecule has 0 N–H and O–H groups in total. The number of nitrogens with zero attached hydrogens (tertiary/aromatic N) is 2. The van der Waals surface area contributed by atoms with Crippen molar-refractivity contribution in [3.63, 3.8) is 0 Å². The molecule has 3 heteroatoms. The van der Waals surface area contributed by atoms with Crippen LogP contribution >= 0.6 is 0 Å². The van der Waals surface area contributed by atoms with Crippen LogP contribution in [0.1, 0.15) is 32.6 Å². The van der Waals surface area contributed by atoms with Crippen LogP contribution in [0.25, 0.3) is 0 Å². The van der Waals surface area contributed by atoms with Gasteiger partial charge in [0.2, 0.25) is 0 Å². The van der Waals surface area contributed by atoms with Gasteiger partial charge in [-0.05, 0) is 26.3 Å². The van der Waals surface area contributed by atoms with Crippen molar-refractivity contribution in [1.29, 1.82) is 0 Å². The van der Waals surface area contributed by atoms with Crippen molar-refractivity contribution in [3.05, 3.63) is 0 Å². The predicted molar refractivity (Wildman–Crippen MR) is 60.9 cm³/mol. The molecule has 2 fully saturated rings. The maximum atomic E-state index is 11.4. The molecule has 2 rings (SSSR count). The largest absolute Gasteiger partial charge is 0.299 e. The highest BCUT2D eigenvalue weighted by Gasteiger charge is 2.34. The van der Waals surface area contributed by atoms with E-state index in [1.54, 1.807) is 0 Å². The van der Waals surface area contributed by atoms with Gasteiger partial charge in [0.05, 0.1) is 6.54 Å². The Morgan fingerprint density at radius 1 is 1.27 bits per heavy atom. The van der Waals surface area contributed by atoms with Crippen LogP contribution in [0.15, 0.2) is 0 Å². The van der Waals surface area contributed by atoms with Crippen LogP contribution < -0.4 is 0 Å². The molecule has 86 valence electrons. The summed E-state index contributed by atoms with van der Waals surface area (Å²) in [5.74, 6) is 0.385. The standard InChI is InChI=1S/C12H22N2O/c1-3-12(15)9-14-7-6-10-4-5-11(8-14)13(10)2/h10-11H,3-9H2,1-2H3. The van der Waals surface area contributed by atoms with Gasteiger partial charge in [-0.3, -0.25) is 14.6 Å². The SMILES string of the molecule is CCC(=O)CN1CCC2CCC(C1)N2C. The Kier molecular flexibility index (Phi) is 3.42. The summed E-state index contributed by atoms with van der Waals surface area (Å²) < 4.78 is 0. The molecule has 0 amide bonds. The fourth-order valence-electron chi connectivity index (χ4n) is 2.88. The average molecular weight is 210 g/mol. The highest BCUT2D eigenvalue weighted by atomic mass is 16.1. The summed E-state index contributed by atoms with van der Waals surface area (Å²) in [7, 11) is 2.24. The molecule has 0 aliphatic carbocycles. The average Bonchev–Trinajstić information content (AvgIpc) is 2.46. The van der Waals surface area contributed by atoms with Gasteiger partial charge in [0.1, 0.15) is 5.78 Å². The van der Waals surface area contributed by atoms with Crippen molar-refractivity contribution in [2.45, 2.75) is 44.7 Å². The predicted octanol–water partition coefficient (Wildman–Crippen LogP) is 1.13. The third kappa shape index (κ3) is 2.40. The van der Waals surface area contributed by atoms with Crippen LogP contribution in [-0.2, 0) is 4.79 Å². The van der Waals surface area contributed by atoms with Crippen LogP contribution in [0.5, 0.6) is 0 Å². The van der Waals surface area contributed by atoms with Gasteiger partial charge in [0.15, 0.2) is 0 Å². The lowest BCUT2D eigenvalue weighted by Crippen LogP contribution is -2.38. The Bertz CT molecular complexity index is 242. The molecule has 0 saturated carbocycles. The molecule has 0 spiro atoms. The molecule has 2 aliphatic rings. The molecule has 0 radical (unpaired) electrons. The summed E-state index contributed by atoms with van der Waals surface area (Å²) in [4.78, 5) is 16.3. The number of carbonyl (C=O) groups is 1. The van der Waals surface area contributed by atoms with Gasteiger partial charge < -0.3 is 0 Å². The maximum absolute atomic E-state index is 11.4. The summed E-state index contributed by atoms with van der Waals surface area (Å²) in [6.07, 6.45) is 4.60. The fraction of sp³-hybridized carbons (Fsp3) is 0.917. The molecular weight excluding hydrogens is 188 g/mol. The third-order valence-corrected chi connectivity index (χ3v) is 4.03. The summed E-state index contributed by atoms with van der Waals surface area (Å²) in [6, 6.07) is 1.47. The number of likely N-dealkylation sites (tertiary alicyclic amines) is 1. The first-order valence-electron chi connectivity index (χ1n) is 6.16. The second-order valence-electron chi connectivity index (χ2n) is 4.97. The van der Waals surface area contributed by atoms with Crippen molar-refractivity contribution in [1.82, 2.24) is 9.80 Å². The monoisotopic (exact) mass is 210 g/mol. The lowest BCUT2D eigenvalue weighted by molar-refractivity contribution is -0.119. The van der Waals surface area contributed by atoms with Gasteiger partial charge in [-0.15, -0.1) is 0 Å². The van der Waals surface area contributed by atoms with Crippen LogP contribution in [-0.4, -0.2) is 54.3 Å². The highest BCUT2D eigenvalue weighted by Crippen LogP contribution is 2.28. The highest BCUT2D eigenvalue weighted by molar-refractivity contribution is 5.80. The van der Waals surface area contributed by atoms with E-state index in [2.05, 4.69) is 16.8 Å². The molecule has 3 nitrogen and oxygen atoms in total. The summed E-state index contributed by atoms with van der Waals surface area (Å²) in [5, 5.41) is 0. The first kappa shape index (κ1) is 11.1. The zero-order valence-electron chi connectivity index (χ0n) is 9.91. The fourth-order valence-corrected chi connectivity index (χ4v) is 2.88. The number of hydrogen-bond donors (Lipinski definition) is 0. The number of likely N-dealkylation sites (N-methyl/N-ethyl adjacent to an activating group) is 1. The second kappa shape index (κ2) is 4.62. The number of fused-ring (bicyclic) bond motifs is 2. The zero-order chi connectivity index (χ0) is 10.8. The van der Waals surface area contributed by atoms with E-state index in [4.69, 9.17) is 0 Å². The lowest BCUT2D eigenvalue weighted by Gasteiger charge is -2.24. The smallest absolute Gasteiger partial charge is 0.146 e. The van der Waals surface area contributed by atoms with E-state index in [0.29, 0.717) is 24.8 Å². The Morgan fingerprint density at radius 2 is 2.00 bits per heavy atom. The first-order chi connectivity index (χ1) is 7.20. The minimum atomic E-state index is 0.385. The Labute approximate surface area is 92.4 Å². The molecule has 2 unspecified atom stereocenters. The van der Waals surface area contributed by atoms with E-state index in [1.807, 2.05) is 6.92 Å². The Balaban J connectivity index is 1.92. The molecule has 15 heavy (non-hydrogen) atoms. The molecule has 0 aromatic carbocycles. The van der Waals surface area contributed by atoms with Crippen molar-refractivity contribution in [2.24, 2.45) is 0 Å². The number of rotatable bonds is 3. The van der Waals surface area contributed by atoms with E-state index in [9.17, 15) is 4.79 Å². The zero-order valence-corrected chi connectivity index (χ0v) is 9.91. The number of carbonyl (C=O) groups excluding carboxylic acids is 1. The molecular formula is C12H22N2O. The van der Waals surface area contributed by atoms with Crippen LogP contribution in [0.2, 0.25) is 0 Å². The number of Topliss-reactive ketones (excluding diaryl/α,β-unsaturated/α-hetero) is 1. The number of hydrogen-bond acceptors (Lipinski definition) is 3. The van der Waals surface area contributed by atoms with Gasteiger partial charge in [-0.2, -0.15) is 0 Å². The van der Waals surface area contributed by atoms with Gasteiger partial charge in [-0.1, -0.05) is 6.92 Å². The molecule has 2 aliphatic heterocycles. The maximum Gasteiger partial charge on any atom is 0.146 e. The lowest BCUT2D eigenvalue weighted by atomic mass is 10.1. The van der Waals surface area contributed by atoms with Crippen LogP contribution in [0.4, 0.5) is 0 Å². The molecule has 2 atom stereocenters. The van der Waals surface area contributed by atoms with Crippen LogP contribution in [0.3, 0.4) is 0 Å². The third-order valence-electron chi connectivity index (χ3n) is 4.03. The van der Waals surface area contributed by atoms with E-state index in [0.717, 1.165) is 19.1 Å². The molecule has 0 aromatic heterocycles.